The largest absolute Gasteiger partial charge is 0.380 e. The Morgan fingerprint density at radius 2 is 2.10 bits per heavy atom. The van der Waals surface area contributed by atoms with Gasteiger partial charge in [0.1, 0.15) is 0 Å². The van der Waals surface area contributed by atoms with E-state index in [1.807, 2.05) is 31.2 Å². The van der Waals surface area contributed by atoms with Crippen molar-refractivity contribution >= 4 is 39.1 Å². The molecule has 0 spiro atoms. The number of aryl methyl sites for hydroxylation is 1. The second-order valence-corrected chi connectivity index (χ2v) is 5.66. The molecular formula is C15H14BrClN2O. The van der Waals surface area contributed by atoms with Crippen molar-refractivity contribution in [3.63, 3.8) is 0 Å². The molecule has 0 atom stereocenters. The lowest BCUT2D eigenvalue weighted by molar-refractivity contribution is 0.1000. The summed E-state index contributed by atoms with van der Waals surface area (Å²) in [6, 6.07) is 11.1. The van der Waals surface area contributed by atoms with Crippen LogP contribution in [0.15, 0.2) is 40.9 Å². The van der Waals surface area contributed by atoms with E-state index in [4.69, 9.17) is 17.3 Å². The normalized spacial score (nSPS) is 10.3. The highest BCUT2D eigenvalue weighted by molar-refractivity contribution is 9.10. The van der Waals surface area contributed by atoms with Gasteiger partial charge in [-0.15, -0.1) is 0 Å². The Kier molecular flexibility index (Phi) is 4.68. The van der Waals surface area contributed by atoms with E-state index in [1.54, 1.807) is 12.1 Å². The summed E-state index contributed by atoms with van der Waals surface area (Å²) in [5.74, 6) is -0.412. The van der Waals surface area contributed by atoms with Gasteiger partial charge < -0.3 is 11.1 Å². The second kappa shape index (κ2) is 6.29. The molecule has 2 rings (SSSR count). The highest BCUT2D eigenvalue weighted by Crippen LogP contribution is 2.30. The number of halogens is 2. The molecule has 5 heteroatoms. The maximum Gasteiger partial charge on any atom is 0.248 e. The minimum Gasteiger partial charge on any atom is -0.380 e. The Bertz CT molecular complexity index is 658. The van der Waals surface area contributed by atoms with Gasteiger partial charge in [0.05, 0.1) is 15.2 Å². The zero-order valence-electron chi connectivity index (χ0n) is 10.9. The van der Waals surface area contributed by atoms with Crippen molar-refractivity contribution in [2.24, 2.45) is 5.73 Å². The molecule has 3 nitrogen and oxygen atoms in total. The third-order valence-electron chi connectivity index (χ3n) is 3.05. The molecule has 2 aromatic rings. The number of carbonyl (C=O) groups is 1. The minimum atomic E-state index is -0.412. The van der Waals surface area contributed by atoms with Crippen LogP contribution >= 0.6 is 27.5 Å². The Hall–Kier alpha value is -1.52. The predicted octanol–water partition coefficient (Wildman–Crippen LogP) is 4.12. The van der Waals surface area contributed by atoms with Gasteiger partial charge in [-0.25, -0.2) is 0 Å². The first-order valence-electron chi connectivity index (χ1n) is 6.06. The van der Waals surface area contributed by atoms with Crippen molar-refractivity contribution in [2.75, 3.05) is 5.32 Å². The molecule has 0 unspecified atom stereocenters. The van der Waals surface area contributed by atoms with Gasteiger partial charge in [0.25, 0.3) is 0 Å². The summed E-state index contributed by atoms with van der Waals surface area (Å²) in [5.41, 5.74) is 8.83. The number of benzene rings is 2. The van der Waals surface area contributed by atoms with Crippen molar-refractivity contribution in [1.29, 1.82) is 0 Å². The van der Waals surface area contributed by atoms with Crippen molar-refractivity contribution in [3.8, 4) is 0 Å². The predicted molar refractivity (Wildman–Crippen MR) is 86.2 cm³/mol. The summed E-state index contributed by atoms with van der Waals surface area (Å²) in [6.07, 6.45) is 0. The average Bonchev–Trinajstić information content (AvgIpc) is 2.41. The highest BCUT2D eigenvalue weighted by atomic mass is 79.9. The molecule has 0 aromatic heterocycles. The van der Waals surface area contributed by atoms with Crippen LogP contribution in [0.5, 0.6) is 0 Å². The Balaban J connectivity index is 2.15. The van der Waals surface area contributed by atoms with Gasteiger partial charge >= 0.3 is 0 Å². The maximum absolute atomic E-state index is 11.1. The van der Waals surface area contributed by atoms with E-state index >= 15 is 0 Å². The second-order valence-electron chi connectivity index (χ2n) is 4.46. The molecule has 0 saturated heterocycles. The van der Waals surface area contributed by atoms with Gasteiger partial charge in [-0.2, -0.15) is 0 Å². The fourth-order valence-corrected chi connectivity index (χ4v) is 2.46. The Labute approximate surface area is 131 Å². The van der Waals surface area contributed by atoms with E-state index in [2.05, 4.69) is 21.2 Å². The average molecular weight is 354 g/mol. The van der Waals surface area contributed by atoms with Crippen LogP contribution in [0, 0.1) is 6.92 Å². The standard InChI is InChI=1S/C15H14BrClN2O/c1-9-7-10(15(18)20)5-6-11(9)8-19-13-4-2-3-12(17)14(13)16/h2-7,19H,8H2,1H3,(H2,18,20). The monoisotopic (exact) mass is 352 g/mol. The number of hydrogen-bond acceptors (Lipinski definition) is 2. The number of carbonyl (C=O) groups excluding carboxylic acids is 1. The SMILES string of the molecule is Cc1cc(C(N)=O)ccc1CNc1cccc(Cl)c1Br. The van der Waals surface area contributed by atoms with E-state index in [0.717, 1.165) is 21.3 Å². The summed E-state index contributed by atoms with van der Waals surface area (Å²) < 4.78 is 0.841. The fourth-order valence-electron chi connectivity index (χ4n) is 1.88. The molecule has 20 heavy (non-hydrogen) atoms. The zero-order valence-corrected chi connectivity index (χ0v) is 13.3. The number of hydrogen-bond donors (Lipinski definition) is 2. The first-order chi connectivity index (χ1) is 9.49. The van der Waals surface area contributed by atoms with Crippen LogP contribution in [0.3, 0.4) is 0 Å². The number of nitrogens with two attached hydrogens (primary N) is 1. The molecule has 0 heterocycles. The lowest BCUT2D eigenvalue weighted by Crippen LogP contribution is -2.11. The molecule has 0 aliphatic heterocycles. The third kappa shape index (κ3) is 3.32. The van der Waals surface area contributed by atoms with Crippen molar-refractivity contribution in [2.45, 2.75) is 13.5 Å². The van der Waals surface area contributed by atoms with Gasteiger partial charge in [0, 0.05) is 12.1 Å². The zero-order chi connectivity index (χ0) is 14.7. The van der Waals surface area contributed by atoms with Crippen LogP contribution in [0.1, 0.15) is 21.5 Å². The van der Waals surface area contributed by atoms with Crippen molar-refractivity contribution in [1.82, 2.24) is 0 Å². The molecule has 0 bridgehead atoms. The van der Waals surface area contributed by atoms with Gasteiger partial charge in [-0.3, -0.25) is 4.79 Å². The van der Waals surface area contributed by atoms with Crippen LogP contribution in [0.2, 0.25) is 5.02 Å². The molecule has 0 aliphatic carbocycles. The van der Waals surface area contributed by atoms with Crippen molar-refractivity contribution in [3.05, 3.63) is 62.6 Å². The maximum atomic E-state index is 11.1. The van der Waals surface area contributed by atoms with Crippen LogP contribution < -0.4 is 11.1 Å². The van der Waals surface area contributed by atoms with Crippen LogP contribution in [0.25, 0.3) is 0 Å². The van der Waals surface area contributed by atoms with Crippen LogP contribution in [-0.4, -0.2) is 5.91 Å². The van der Waals surface area contributed by atoms with Gasteiger partial charge in [-0.1, -0.05) is 23.7 Å². The first-order valence-corrected chi connectivity index (χ1v) is 7.23. The summed E-state index contributed by atoms with van der Waals surface area (Å²) in [7, 11) is 0. The Morgan fingerprint density at radius 3 is 2.75 bits per heavy atom. The summed E-state index contributed by atoms with van der Waals surface area (Å²) in [4.78, 5) is 11.1. The smallest absolute Gasteiger partial charge is 0.248 e. The Morgan fingerprint density at radius 1 is 1.35 bits per heavy atom. The summed E-state index contributed by atoms with van der Waals surface area (Å²) in [5, 5.41) is 3.97. The summed E-state index contributed by atoms with van der Waals surface area (Å²) >= 11 is 9.49. The van der Waals surface area contributed by atoms with E-state index in [1.165, 1.54) is 0 Å². The number of nitrogens with one attached hydrogen (secondary N) is 1. The number of primary amides is 1. The lowest BCUT2D eigenvalue weighted by atomic mass is 10.0. The molecule has 104 valence electrons. The number of amides is 1. The first kappa shape index (κ1) is 14.9. The van der Waals surface area contributed by atoms with E-state index in [-0.39, 0.29) is 0 Å². The molecular weight excluding hydrogens is 340 g/mol. The minimum absolute atomic E-state index is 0.412. The number of rotatable bonds is 4. The third-order valence-corrected chi connectivity index (χ3v) is 4.45. The van der Waals surface area contributed by atoms with Gasteiger partial charge in [-0.05, 0) is 58.2 Å². The molecule has 0 saturated carbocycles. The molecule has 0 fully saturated rings. The number of anilines is 1. The lowest BCUT2D eigenvalue weighted by Gasteiger charge is -2.12. The van der Waals surface area contributed by atoms with E-state index in [9.17, 15) is 4.79 Å². The van der Waals surface area contributed by atoms with Gasteiger partial charge in [0.15, 0.2) is 0 Å². The molecule has 1 amide bonds. The fraction of sp³-hybridized carbons (Fsp3) is 0.133. The van der Waals surface area contributed by atoms with Crippen molar-refractivity contribution < 1.29 is 4.79 Å². The van der Waals surface area contributed by atoms with Crippen LogP contribution in [-0.2, 0) is 6.54 Å². The highest BCUT2D eigenvalue weighted by Gasteiger charge is 2.06. The van der Waals surface area contributed by atoms with E-state index in [0.29, 0.717) is 17.1 Å². The van der Waals surface area contributed by atoms with Gasteiger partial charge in [0.2, 0.25) is 5.91 Å². The van der Waals surface area contributed by atoms with E-state index < -0.39 is 5.91 Å². The molecule has 0 aliphatic rings. The quantitative estimate of drug-likeness (QED) is 0.868. The molecule has 2 aromatic carbocycles. The summed E-state index contributed by atoms with van der Waals surface area (Å²) in [6.45, 7) is 2.60. The van der Waals surface area contributed by atoms with Crippen LogP contribution in [0.4, 0.5) is 5.69 Å². The topological polar surface area (TPSA) is 55.1 Å². The molecule has 0 radical (unpaired) electrons. The molecule has 3 N–H and O–H groups in total.